The molecule has 1 heterocycles. The largest absolute Gasteiger partial charge is 0.516 e. The van der Waals surface area contributed by atoms with Crippen molar-refractivity contribution >= 4 is 11.8 Å². The number of amides is 1. The Morgan fingerprint density at radius 2 is 1.64 bits per heavy atom. The maximum Gasteiger partial charge on any atom is 0.516 e. The normalized spacial score (nSPS) is 23.0. The van der Waals surface area contributed by atoms with Crippen molar-refractivity contribution in [1.29, 1.82) is 0 Å². The number of benzene rings is 2. The summed E-state index contributed by atoms with van der Waals surface area (Å²) in [6.07, 6.45) is 1.82. The second-order valence-electron chi connectivity index (χ2n) is 6.72. The molecule has 4 nitrogen and oxygen atoms in total. The molecular formula is C21H27N2O2+. The lowest BCUT2D eigenvalue weighted by Gasteiger charge is -2.40. The predicted molar refractivity (Wildman–Crippen MR) is 100 cm³/mol. The Labute approximate surface area is 150 Å². The third kappa shape index (κ3) is 4.40. The highest BCUT2D eigenvalue weighted by Crippen LogP contribution is 2.26. The number of nitrogens with one attached hydrogen (secondary N) is 1. The number of hydrogen-bond donors (Lipinski definition) is 1. The SMILES string of the molecule is CCOC(=O)[N+]1(Cc2ccccc2)CCC(Nc2ccccc2)CC1. The van der Waals surface area contributed by atoms with Crippen LogP contribution in [0.4, 0.5) is 10.5 Å². The Morgan fingerprint density at radius 3 is 2.24 bits per heavy atom. The number of hydrogen-bond acceptors (Lipinski definition) is 3. The highest BCUT2D eigenvalue weighted by atomic mass is 16.6. The highest BCUT2D eigenvalue weighted by molar-refractivity contribution is 5.60. The molecule has 2 aromatic carbocycles. The van der Waals surface area contributed by atoms with Crippen LogP contribution in [0.1, 0.15) is 25.3 Å². The Morgan fingerprint density at radius 1 is 1.04 bits per heavy atom. The smallest absolute Gasteiger partial charge is 0.420 e. The van der Waals surface area contributed by atoms with Crippen molar-refractivity contribution in [1.82, 2.24) is 0 Å². The number of carbonyl (C=O) groups excluding carboxylic acids is 1. The van der Waals surface area contributed by atoms with E-state index in [0.717, 1.165) is 31.6 Å². The van der Waals surface area contributed by atoms with Crippen molar-refractivity contribution in [2.24, 2.45) is 0 Å². The van der Waals surface area contributed by atoms with Gasteiger partial charge in [-0.2, -0.15) is 4.79 Å². The second kappa shape index (κ2) is 8.17. The minimum absolute atomic E-state index is 0.0930. The summed E-state index contributed by atoms with van der Waals surface area (Å²) in [5, 5.41) is 3.59. The van der Waals surface area contributed by atoms with Crippen molar-refractivity contribution < 1.29 is 14.0 Å². The lowest BCUT2D eigenvalue weighted by atomic mass is 10.0. The zero-order valence-corrected chi connectivity index (χ0v) is 14.9. The number of piperidine rings is 1. The third-order valence-electron chi connectivity index (χ3n) is 4.94. The lowest BCUT2D eigenvalue weighted by molar-refractivity contribution is -0.876. The number of nitrogens with zero attached hydrogens (tertiary/aromatic N) is 1. The molecule has 0 unspecified atom stereocenters. The molecule has 0 atom stereocenters. The molecule has 1 saturated heterocycles. The van der Waals surface area contributed by atoms with Crippen LogP contribution in [0.15, 0.2) is 60.7 Å². The van der Waals surface area contributed by atoms with Crippen LogP contribution in [0.2, 0.25) is 0 Å². The van der Waals surface area contributed by atoms with Gasteiger partial charge in [0.2, 0.25) is 0 Å². The molecule has 0 aromatic heterocycles. The number of carbonyl (C=O) groups is 1. The molecule has 0 spiro atoms. The highest BCUT2D eigenvalue weighted by Gasteiger charge is 2.42. The first-order chi connectivity index (χ1) is 12.2. The molecule has 1 aliphatic rings. The average Bonchev–Trinajstić information content (AvgIpc) is 2.65. The van der Waals surface area contributed by atoms with E-state index in [9.17, 15) is 4.79 Å². The molecule has 0 aliphatic carbocycles. The lowest BCUT2D eigenvalue weighted by Crippen LogP contribution is -2.58. The van der Waals surface area contributed by atoms with Gasteiger partial charge < -0.3 is 10.1 Å². The second-order valence-corrected chi connectivity index (χ2v) is 6.72. The third-order valence-corrected chi connectivity index (χ3v) is 4.94. The van der Waals surface area contributed by atoms with E-state index in [1.54, 1.807) is 0 Å². The fourth-order valence-corrected chi connectivity index (χ4v) is 3.58. The van der Waals surface area contributed by atoms with Crippen molar-refractivity contribution in [3.63, 3.8) is 0 Å². The van der Waals surface area contributed by atoms with Crippen LogP contribution in [-0.4, -0.2) is 36.3 Å². The van der Waals surface area contributed by atoms with E-state index in [-0.39, 0.29) is 6.09 Å². The zero-order chi connectivity index (χ0) is 17.5. The van der Waals surface area contributed by atoms with Crippen molar-refractivity contribution in [3.8, 4) is 0 Å². The number of quaternary nitrogens is 1. The average molecular weight is 339 g/mol. The molecule has 3 rings (SSSR count). The molecule has 2 aromatic rings. The summed E-state index contributed by atoms with van der Waals surface area (Å²) in [5.41, 5.74) is 2.33. The first-order valence-electron chi connectivity index (χ1n) is 9.11. The van der Waals surface area contributed by atoms with Gasteiger partial charge >= 0.3 is 6.09 Å². The number of para-hydroxylation sites is 1. The maximum atomic E-state index is 12.7. The Hall–Kier alpha value is -2.33. The fraction of sp³-hybridized carbons (Fsp3) is 0.381. The summed E-state index contributed by atoms with van der Waals surface area (Å²) in [7, 11) is 0. The molecule has 25 heavy (non-hydrogen) atoms. The molecule has 4 heteroatoms. The monoisotopic (exact) mass is 339 g/mol. The molecule has 0 radical (unpaired) electrons. The predicted octanol–water partition coefficient (Wildman–Crippen LogP) is 4.43. The molecule has 132 valence electrons. The molecule has 1 amide bonds. The van der Waals surface area contributed by atoms with Gasteiger partial charge in [-0.3, -0.25) is 0 Å². The fourth-order valence-electron chi connectivity index (χ4n) is 3.58. The number of likely N-dealkylation sites (tertiary alicyclic amines) is 1. The quantitative estimate of drug-likeness (QED) is 0.819. The van der Waals surface area contributed by atoms with Crippen molar-refractivity contribution in [3.05, 3.63) is 66.2 Å². The molecule has 1 aliphatic heterocycles. The standard InChI is InChI=1S/C21H27N2O2/c1-2-25-21(24)23(17-18-9-5-3-6-10-18)15-13-20(14-16-23)22-19-11-7-4-8-12-19/h3-12,20,22H,2,13-17H2,1H3/q+1. The molecule has 0 bridgehead atoms. The van der Waals surface area contributed by atoms with Gasteiger partial charge in [-0.15, -0.1) is 0 Å². The van der Waals surface area contributed by atoms with E-state index in [2.05, 4.69) is 29.6 Å². The minimum atomic E-state index is -0.0930. The van der Waals surface area contributed by atoms with Gasteiger partial charge in [0, 0.05) is 30.1 Å². The van der Waals surface area contributed by atoms with Crippen LogP contribution in [0.5, 0.6) is 0 Å². The van der Waals surface area contributed by atoms with Crippen LogP contribution in [-0.2, 0) is 11.3 Å². The van der Waals surface area contributed by atoms with Gasteiger partial charge in [0.25, 0.3) is 0 Å². The summed E-state index contributed by atoms with van der Waals surface area (Å²) in [6.45, 7) is 4.62. The van der Waals surface area contributed by atoms with Crippen molar-refractivity contribution in [2.75, 3.05) is 25.0 Å². The Bertz CT molecular complexity index is 665. The van der Waals surface area contributed by atoms with Gasteiger partial charge in [-0.05, 0) is 19.1 Å². The van der Waals surface area contributed by atoms with Gasteiger partial charge in [-0.25, -0.2) is 4.48 Å². The molecule has 0 saturated carbocycles. The summed E-state index contributed by atoms with van der Waals surface area (Å²) >= 11 is 0. The first kappa shape index (κ1) is 17.5. The van der Waals surface area contributed by atoms with Gasteiger partial charge in [-0.1, -0.05) is 48.5 Å². The van der Waals surface area contributed by atoms with Crippen LogP contribution in [0.3, 0.4) is 0 Å². The van der Waals surface area contributed by atoms with E-state index in [1.807, 2.05) is 43.3 Å². The van der Waals surface area contributed by atoms with E-state index in [0.29, 0.717) is 23.7 Å². The zero-order valence-electron chi connectivity index (χ0n) is 14.9. The van der Waals surface area contributed by atoms with E-state index in [4.69, 9.17) is 4.74 Å². The van der Waals surface area contributed by atoms with Crippen molar-refractivity contribution in [2.45, 2.75) is 32.4 Å². The topological polar surface area (TPSA) is 38.3 Å². The van der Waals surface area contributed by atoms with E-state index in [1.165, 1.54) is 5.56 Å². The van der Waals surface area contributed by atoms with Crippen LogP contribution >= 0.6 is 0 Å². The molecule has 1 N–H and O–H groups in total. The van der Waals surface area contributed by atoms with E-state index >= 15 is 0 Å². The Kier molecular flexibility index (Phi) is 5.71. The van der Waals surface area contributed by atoms with Crippen LogP contribution in [0, 0.1) is 0 Å². The van der Waals surface area contributed by atoms with Crippen LogP contribution in [0.25, 0.3) is 0 Å². The minimum Gasteiger partial charge on any atom is -0.420 e. The number of ether oxygens (including phenoxy) is 1. The van der Waals surface area contributed by atoms with Gasteiger partial charge in [0.05, 0.1) is 19.7 Å². The Balaban J connectivity index is 1.69. The van der Waals surface area contributed by atoms with Gasteiger partial charge in [0.1, 0.15) is 6.54 Å². The molecular weight excluding hydrogens is 312 g/mol. The summed E-state index contributed by atoms with van der Waals surface area (Å²) < 4.78 is 5.82. The van der Waals surface area contributed by atoms with Crippen LogP contribution < -0.4 is 5.32 Å². The summed E-state index contributed by atoms with van der Waals surface area (Å²) in [6, 6.07) is 20.9. The maximum absolute atomic E-state index is 12.7. The van der Waals surface area contributed by atoms with E-state index < -0.39 is 0 Å². The first-order valence-corrected chi connectivity index (χ1v) is 9.11. The molecule has 1 fully saturated rings. The number of anilines is 1. The summed E-state index contributed by atoms with van der Waals surface area (Å²) in [5.74, 6) is 0. The number of rotatable bonds is 5. The summed E-state index contributed by atoms with van der Waals surface area (Å²) in [4.78, 5) is 12.7. The van der Waals surface area contributed by atoms with Gasteiger partial charge in [0.15, 0.2) is 0 Å².